The summed E-state index contributed by atoms with van der Waals surface area (Å²) in [5.41, 5.74) is 2.91. The van der Waals surface area contributed by atoms with Crippen LogP contribution in [0.3, 0.4) is 0 Å². The van der Waals surface area contributed by atoms with Crippen LogP contribution in [0.15, 0.2) is 38.4 Å². The van der Waals surface area contributed by atoms with Gasteiger partial charge in [0.25, 0.3) is 17.7 Å². The summed E-state index contributed by atoms with van der Waals surface area (Å²) in [5.74, 6) is -6.46. The third-order valence-corrected chi connectivity index (χ3v) is 8.63. The molecule has 2 aliphatic heterocycles. The number of aromatic nitrogens is 1. The maximum Gasteiger partial charge on any atom is 0.352 e. The van der Waals surface area contributed by atoms with E-state index < -0.39 is 63.9 Å². The van der Waals surface area contributed by atoms with Crippen LogP contribution in [0.25, 0.3) is 0 Å². The summed E-state index contributed by atoms with van der Waals surface area (Å²) < 4.78 is 0.317. The minimum atomic E-state index is -1.81. The van der Waals surface area contributed by atoms with E-state index in [1.54, 1.807) is 0 Å². The molecule has 2 atom stereocenters. The van der Waals surface area contributed by atoms with Gasteiger partial charge in [0.1, 0.15) is 22.8 Å². The molecule has 19 heteroatoms. The van der Waals surface area contributed by atoms with Gasteiger partial charge in [-0.05, 0) is 31.6 Å². The largest absolute Gasteiger partial charge is 0.504 e. The summed E-state index contributed by atoms with van der Waals surface area (Å²) >= 11 is 5.21. The molecule has 2 aromatic rings. The number of carboxylic acid groups (broad SMARTS) is 2. The molecule has 228 valence electrons. The predicted octanol–water partition coefficient (Wildman–Crippen LogP) is 0.651. The van der Waals surface area contributed by atoms with E-state index >= 15 is 0 Å². The molecule has 16 nitrogen and oxygen atoms in total. The summed E-state index contributed by atoms with van der Waals surface area (Å²) in [5, 5.41) is 48.3. The molecule has 0 radical (unpaired) electrons. The van der Waals surface area contributed by atoms with Crippen molar-refractivity contribution < 1.29 is 49.2 Å². The summed E-state index contributed by atoms with van der Waals surface area (Å²) in [6, 6.07) is 1.27. The first-order valence-corrected chi connectivity index (χ1v) is 14.8. The van der Waals surface area contributed by atoms with E-state index in [4.69, 9.17) is 10.6 Å². The van der Waals surface area contributed by atoms with Crippen LogP contribution in [0.2, 0.25) is 0 Å². The predicted molar refractivity (Wildman–Crippen MR) is 155 cm³/mol. The third-order valence-electron chi connectivity index (χ3n) is 6.16. The Balaban J connectivity index is 1.51. The molecule has 0 bridgehead atoms. The lowest BCUT2D eigenvalue weighted by Crippen LogP contribution is -2.71. The Morgan fingerprint density at radius 3 is 2.56 bits per heavy atom. The number of hydrogen-bond acceptors (Lipinski definition) is 13. The molecule has 1 unspecified atom stereocenters. The number of rotatable bonds is 10. The van der Waals surface area contributed by atoms with Gasteiger partial charge in [-0.1, -0.05) is 21.1 Å². The number of oxime groups is 1. The van der Waals surface area contributed by atoms with Crippen LogP contribution in [0.1, 0.15) is 29.9 Å². The molecule has 2 aliphatic rings. The quantitative estimate of drug-likeness (QED) is 0.0780. The van der Waals surface area contributed by atoms with Crippen LogP contribution in [-0.4, -0.2) is 95.0 Å². The van der Waals surface area contributed by atoms with Crippen molar-refractivity contribution in [3.63, 3.8) is 0 Å². The van der Waals surface area contributed by atoms with Crippen molar-refractivity contribution in [2.75, 3.05) is 18.0 Å². The van der Waals surface area contributed by atoms with Crippen LogP contribution < -0.4 is 16.4 Å². The number of nitrogens with one attached hydrogen (secondary N) is 2. The van der Waals surface area contributed by atoms with E-state index in [9.17, 15) is 44.4 Å². The number of nitrogens with zero attached hydrogens (tertiary/aromatic N) is 3. The zero-order chi connectivity index (χ0) is 31.8. The van der Waals surface area contributed by atoms with E-state index in [-0.39, 0.29) is 40.0 Å². The molecule has 1 fully saturated rings. The molecule has 3 amide bonds. The molecule has 0 saturated carbocycles. The number of carboxylic acids is 2. The zero-order valence-corrected chi connectivity index (χ0v) is 25.4. The fraction of sp³-hybridized carbons (Fsp3) is 0.292. The molecular formula is C24H23BrN6O10S2. The number of hydrogen-bond donors (Lipinski definition) is 7. The zero-order valence-electron chi connectivity index (χ0n) is 22.2. The van der Waals surface area contributed by atoms with Crippen molar-refractivity contribution in [3.8, 4) is 11.5 Å². The molecule has 43 heavy (non-hydrogen) atoms. The number of carbonyl (C=O) groups is 5. The van der Waals surface area contributed by atoms with Gasteiger partial charge < -0.3 is 41.6 Å². The number of benzene rings is 1. The fourth-order valence-corrected chi connectivity index (χ4v) is 6.21. The first kappa shape index (κ1) is 31.6. The van der Waals surface area contributed by atoms with Crippen molar-refractivity contribution in [2.45, 2.75) is 30.9 Å². The molecule has 8 N–H and O–H groups in total. The topological polar surface area (TPSA) is 254 Å². The van der Waals surface area contributed by atoms with Gasteiger partial charge in [0.15, 0.2) is 22.3 Å². The lowest BCUT2D eigenvalue weighted by Gasteiger charge is -2.49. The van der Waals surface area contributed by atoms with Gasteiger partial charge in [0, 0.05) is 22.2 Å². The number of anilines is 1. The Hall–Kier alpha value is -4.36. The van der Waals surface area contributed by atoms with Crippen LogP contribution in [0.5, 0.6) is 11.5 Å². The normalized spacial score (nSPS) is 18.4. The van der Waals surface area contributed by atoms with Gasteiger partial charge in [-0.25, -0.2) is 14.6 Å². The number of aliphatic carboxylic acids is 2. The minimum absolute atomic E-state index is 0.0323. The highest BCUT2D eigenvalue weighted by molar-refractivity contribution is 9.10. The number of phenolic OH excluding ortho intramolecular Hbond substituents is 2. The van der Waals surface area contributed by atoms with E-state index in [1.165, 1.54) is 31.4 Å². The highest BCUT2D eigenvalue weighted by atomic mass is 79.9. The molecule has 1 aromatic heterocycles. The van der Waals surface area contributed by atoms with E-state index in [0.29, 0.717) is 4.47 Å². The van der Waals surface area contributed by atoms with E-state index in [2.05, 4.69) is 36.7 Å². The average Bonchev–Trinajstić information content (AvgIpc) is 3.37. The standard InChI is InChI=1S/C24H23BrN6O10S2/c1-24(2,22(39)40)41-30-13(11-7-43-23(26)28-11)18(35)29-14-19(36)31-15(21(37)38)8(6-42-20(14)31)5-27-17(34)10-3-9(25)4-12(32)16(10)33/h3-4,7,14,20,32-33H,5-6H2,1-2H3,(H2,26,28)(H,27,34)(H,29,35)(H,37,38)(H,39,40)/b30-13-/t14?,20-/m1/s1. The molecule has 3 heterocycles. The Morgan fingerprint density at radius 1 is 1.26 bits per heavy atom. The van der Waals surface area contributed by atoms with E-state index in [1.807, 2.05) is 0 Å². The summed E-state index contributed by atoms with van der Waals surface area (Å²) in [4.78, 5) is 72.5. The number of halogens is 1. The lowest BCUT2D eigenvalue weighted by molar-refractivity contribution is -0.161. The molecule has 0 aliphatic carbocycles. The Labute approximate surface area is 258 Å². The number of fused-ring (bicyclic) bond motifs is 1. The molecule has 1 saturated heterocycles. The first-order valence-electron chi connectivity index (χ1n) is 12.0. The summed E-state index contributed by atoms with van der Waals surface area (Å²) in [6.45, 7) is 2.12. The Kier molecular flexibility index (Phi) is 8.88. The number of amides is 3. The number of carbonyl (C=O) groups excluding carboxylic acids is 3. The number of thioether (sulfide) groups is 1. The van der Waals surface area contributed by atoms with Gasteiger partial charge in [-0.15, -0.1) is 23.1 Å². The Morgan fingerprint density at radius 2 is 1.95 bits per heavy atom. The molecular weight excluding hydrogens is 676 g/mol. The van der Waals surface area contributed by atoms with Crippen LogP contribution in [0.4, 0.5) is 5.13 Å². The van der Waals surface area contributed by atoms with Crippen LogP contribution >= 0.6 is 39.0 Å². The van der Waals surface area contributed by atoms with Crippen molar-refractivity contribution in [1.82, 2.24) is 20.5 Å². The van der Waals surface area contributed by atoms with Crippen molar-refractivity contribution in [2.24, 2.45) is 5.16 Å². The maximum absolute atomic E-state index is 13.2. The number of β-lactam (4-membered cyclic amide) rings is 1. The van der Waals surface area contributed by atoms with Crippen LogP contribution in [-0.2, 0) is 24.0 Å². The highest BCUT2D eigenvalue weighted by Crippen LogP contribution is 2.40. The second-order valence-corrected chi connectivity index (χ2v) is 12.4. The van der Waals surface area contributed by atoms with Crippen molar-refractivity contribution >= 4 is 79.5 Å². The van der Waals surface area contributed by atoms with Gasteiger partial charge >= 0.3 is 11.9 Å². The second-order valence-electron chi connectivity index (χ2n) is 9.54. The van der Waals surface area contributed by atoms with E-state index in [0.717, 1.165) is 28.0 Å². The smallest absolute Gasteiger partial charge is 0.352 e. The second kappa shape index (κ2) is 12.1. The number of phenols is 2. The lowest BCUT2D eigenvalue weighted by atomic mass is 10.0. The summed E-state index contributed by atoms with van der Waals surface area (Å²) in [7, 11) is 0. The molecule has 4 rings (SSSR count). The van der Waals surface area contributed by atoms with Gasteiger partial charge in [-0.2, -0.15) is 0 Å². The van der Waals surface area contributed by atoms with Gasteiger partial charge in [0.2, 0.25) is 5.60 Å². The molecule has 1 aromatic carbocycles. The number of nitrogens with two attached hydrogens (primary N) is 1. The van der Waals surface area contributed by atoms with Gasteiger partial charge in [-0.3, -0.25) is 19.3 Å². The fourth-order valence-electron chi connectivity index (χ4n) is 3.87. The molecule has 0 spiro atoms. The SMILES string of the molecule is CC(C)(O/N=C(\C(=O)NC1C(=O)N2C(C(=O)O)=C(CNC(=O)c3cc(Br)cc(O)c3O)CS[C@H]12)c1csc(N)n1)C(=O)O. The Bertz CT molecular complexity index is 1610. The summed E-state index contributed by atoms with van der Waals surface area (Å²) in [6.07, 6.45) is 0. The number of thiazole rings is 1. The van der Waals surface area contributed by atoms with Crippen LogP contribution in [0, 0.1) is 0 Å². The number of nitrogen functional groups attached to an aromatic ring is 1. The van der Waals surface area contributed by atoms with Crippen molar-refractivity contribution in [1.29, 1.82) is 0 Å². The van der Waals surface area contributed by atoms with Crippen molar-refractivity contribution in [3.05, 3.63) is 44.5 Å². The first-order chi connectivity index (χ1) is 20.1. The minimum Gasteiger partial charge on any atom is -0.504 e. The van der Waals surface area contributed by atoms with Gasteiger partial charge in [0.05, 0.1) is 5.56 Å². The number of aromatic hydroxyl groups is 2. The highest BCUT2D eigenvalue weighted by Gasteiger charge is 2.54. The average molecular weight is 700 g/mol. The third kappa shape index (κ3) is 6.37. The maximum atomic E-state index is 13.2. The monoisotopic (exact) mass is 698 g/mol.